The highest BCUT2D eigenvalue weighted by Crippen LogP contribution is 2.46. The molecule has 0 unspecified atom stereocenters. The monoisotopic (exact) mass is 510 g/mol. The quantitative estimate of drug-likeness (QED) is 0.350. The highest BCUT2D eigenvalue weighted by molar-refractivity contribution is 7.21. The summed E-state index contributed by atoms with van der Waals surface area (Å²) in [6, 6.07) is 16.4. The normalized spacial score (nSPS) is 16.4. The van der Waals surface area contributed by atoms with E-state index in [-0.39, 0.29) is 18.0 Å². The average molecular weight is 511 g/mol. The van der Waals surface area contributed by atoms with Gasteiger partial charge in [0.2, 0.25) is 0 Å². The van der Waals surface area contributed by atoms with Crippen LogP contribution in [-0.4, -0.2) is 41.0 Å². The van der Waals surface area contributed by atoms with Gasteiger partial charge >= 0.3 is 6.03 Å². The van der Waals surface area contributed by atoms with Crippen LogP contribution in [0.5, 0.6) is 11.5 Å². The Balaban J connectivity index is 1.33. The molecule has 2 aromatic carbocycles. The zero-order valence-electron chi connectivity index (χ0n) is 19.9. The van der Waals surface area contributed by atoms with Gasteiger partial charge in [-0.2, -0.15) is 5.26 Å². The third-order valence-corrected chi connectivity index (χ3v) is 7.60. The van der Waals surface area contributed by atoms with E-state index >= 15 is 0 Å². The number of nitrogens with one attached hydrogen (secondary N) is 2. The molecule has 2 aromatic heterocycles. The van der Waals surface area contributed by atoms with E-state index in [4.69, 9.17) is 10.00 Å². The van der Waals surface area contributed by atoms with Crippen molar-refractivity contribution >= 4 is 50.6 Å². The molecule has 6 rings (SSSR count). The predicted octanol–water partition coefficient (Wildman–Crippen LogP) is 5.37. The van der Waals surface area contributed by atoms with Crippen molar-refractivity contribution in [3.8, 4) is 17.7 Å². The molecule has 0 saturated carbocycles. The van der Waals surface area contributed by atoms with Gasteiger partial charge in [-0.15, -0.1) is 11.3 Å². The Kier molecular flexibility index (Phi) is 5.62. The van der Waals surface area contributed by atoms with Crippen molar-refractivity contribution in [1.82, 2.24) is 15.2 Å². The number of hydrogen-bond donors (Lipinski definition) is 2. The zero-order valence-corrected chi connectivity index (χ0v) is 20.7. The van der Waals surface area contributed by atoms with Crippen molar-refractivity contribution in [2.45, 2.75) is 19.4 Å². The topological polar surface area (TPSA) is 111 Å². The third kappa shape index (κ3) is 4.09. The second kappa shape index (κ2) is 9.11. The Bertz CT molecular complexity index is 1580. The Labute approximate surface area is 216 Å². The lowest BCUT2D eigenvalue weighted by molar-refractivity contribution is 0.0943. The average Bonchev–Trinajstić information content (AvgIpc) is 3.51. The number of nitriles is 1. The lowest BCUT2D eigenvalue weighted by atomic mass is 10.1. The minimum Gasteiger partial charge on any atom is -0.457 e. The van der Waals surface area contributed by atoms with Crippen LogP contribution in [0.2, 0.25) is 0 Å². The molecule has 2 aliphatic rings. The van der Waals surface area contributed by atoms with Crippen LogP contribution in [0.1, 0.15) is 21.7 Å². The van der Waals surface area contributed by atoms with E-state index in [0.717, 1.165) is 16.7 Å². The standard InChI is InChI=1S/C27H22N6O3S/c1-16-13-19(36-18-5-3-2-4-6-18)7-8-20(16)33-21-9-11-29-26-22(21)23(31-27(33)35)24(37-26)25(34)30-17-10-12-32(14-17)15-28/h2-9,11,13,17H,10,12,14H2,1H3,(H,30,34)(H,31,35)/t17-/m1/s1. The third-order valence-electron chi connectivity index (χ3n) is 6.51. The number of amides is 3. The fourth-order valence-electron chi connectivity index (χ4n) is 4.77. The number of likely N-dealkylation sites (tertiary alicyclic amines) is 1. The maximum absolute atomic E-state index is 13.4. The minimum atomic E-state index is -0.358. The van der Waals surface area contributed by atoms with Crippen LogP contribution in [-0.2, 0) is 0 Å². The van der Waals surface area contributed by atoms with Crippen LogP contribution in [0, 0.1) is 18.4 Å². The van der Waals surface area contributed by atoms with Gasteiger partial charge in [0.1, 0.15) is 21.2 Å². The van der Waals surface area contributed by atoms with E-state index in [1.807, 2.05) is 55.5 Å². The minimum absolute atomic E-state index is 0.118. The van der Waals surface area contributed by atoms with Gasteiger partial charge in [0.25, 0.3) is 5.91 Å². The molecule has 0 aliphatic carbocycles. The number of pyridine rings is 1. The van der Waals surface area contributed by atoms with Crippen molar-refractivity contribution in [2.75, 3.05) is 23.3 Å². The number of ether oxygens (including phenoxy) is 1. The summed E-state index contributed by atoms with van der Waals surface area (Å²) in [6.07, 6.45) is 4.47. The van der Waals surface area contributed by atoms with Gasteiger partial charge in [0.05, 0.1) is 22.4 Å². The summed E-state index contributed by atoms with van der Waals surface area (Å²) in [4.78, 5) is 35.4. The molecule has 37 heavy (non-hydrogen) atoms. The number of para-hydroxylation sites is 1. The lowest BCUT2D eigenvalue weighted by Gasteiger charge is -2.29. The Morgan fingerprint density at radius 1 is 1.19 bits per heavy atom. The molecule has 4 aromatic rings. The Morgan fingerprint density at radius 2 is 2.03 bits per heavy atom. The molecule has 1 saturated heterocycles. The first-order valence-corrected chi connectivity index (χ1v) is 12.6. The Morgan fingerprint density at radius 3 is 2.78 bits per heavy atom. The molecule has 9 nitrogen and oxygen atoms in total. The fraction of sp³-hybridized carbons (Fsp3) is 0.185. The van der Waals surface area contributed by atoms with E-state index < -0.39 is 0 Å². The fourth-order valence-corrected chi connectivity index (χ4v) is 5.79. The number of hydrogen-bond acceptors (Lipinski definition) is 7. The molecule has 1 fully saturated rings. The van der Waals surface area contributed by atoms with E-state index in [0.29, 0.717) is 52.0 Å². The summed E-state index contributed by atoms with van der Waals surface area (Å²) in [6.45, 7) is 3.02. The van der Waals surface area contributed by atoms with Crippen LogP contribution in [0.4, 0.5) is 21.9 Å². The smallest absolute Gasteiger partial charge is 0.331 e. The molecule has 1 atom stereocenters. The molecular formula is C27H22N6O3S. The second-order valence-electron chi connectivity index (χ2n) is 8.95. The van der Waals surface area contributed by atoms with Crippen LogP contribution in [0.15, 0.2) is 60.8 Å². The van der Waals surface area contributed by atoms with Crippen molar-refractivity contribution in [3.05, 3.63) is 71.2 Å². The number of carbonyl (C=O) groups is 2. The summed E-state index contributed by atoms with van der Waals surface area (Å²) >= 11 is 1.24. The summed E-state index contributed by atoms with van der Waals surface area (Å²) in [7, 11) is 0. The predicted molar refractivity (Wildman–Crippen MR) is 142 cm³/mol. The van der Waals surface area contributed by atoms with Crippen molar-refractivity contribution in [3.63, 3.8) is 0 Å². The maximum atomic E-state index is 13.4. The molecule has 3 amide bonds. The molecule has 0 spiro atoms. The number of aryl methyl sites for hydroxylation is 1. The van der Waals surface area contributed by atoms with Gasteiger partial charge in [-0.25, -0.2) is 9.78 Å². The van der Waals surface area contributed by atoms with Gasteiger partial charge in [-0.1, -0.05) is 18.2 Å². The number of benzene rings is 2. The van der Waals surface area contributed by atoms with Crippen molar-refractivity contribution < 1.29 is 14.3 Å². The molecular weight excluding hydrogens is 488 g/mol. The van der Waals surface area contributed by atoms with E-state index in [1.54, 1.807) is 22.1 Å². The van der Waals surface area contributed by atoms with Gasteiger partial charge in [0.15, 0.2) is 6.19 Å². The van der Waals surface area contributed by atoms with Crippen LogP contribution < -0.4 is 20.3 Å². The molecule has 4 heterocycles. The number of anilines is 3. The molecule has 2 aliphatic heterocycles. The molecule has 184 valence electrons. The van der Waals surface area contributed by atoms with E-state index in [1.165, 1.54) is 11.3 Å². The number of urea groups is 1. The highest BCUT2D eigenvalue weighted by Gasteiger charge is 2.34. The number of carbonyl (C=O) groups excluding carboxylic acids is 2. The number of aromatic nitrogens is 1. The van der Waals surface area contributed by atoms with Crippen LogP contribution in [0.25, 0.3) is 10.2 Å². The molecule has 0 bridgehead atoms. The summed E-state index contributed by atoms with van der Waals surface area (Å²) < 4.78 is 5.95. The maximum Gasteiger partial charge on any atom is 0.331 e. The lowest BCUT2D eigenvalue weighted by Crippen LogP contribution is -2.38. The van der Waals surface area contributed by atoms with Crippen LogP contribution in [0.3, 0.4) is 0 Å². The highest BCUT2D eigenvalue weighted by atomic mass is 32.1. The van der Waals surface area contributed by atoms with Gasteiger partial charge in [0, 0.05) is 25.3 Å². The van der Waals surface area contributed by atoms with E-state index in [2.05, 4.69) is 21.8 Å². The van der Waals surface area contributed by atoms with Crippen LogP contribution >= 0.6 is 11.3 Å². The number of nitrogens with zero attached hydrogens (tertiary/aromatic N) is 4. The van der Waals surface area contributed by atoms with Gasteiger partial charge in [-0.3, -0.25) is 9.69 Å². The summed E-state index contributed by atoms with van der Waals surface area (Å²) in [5.74, 6) is 1.12. The SMILES string of the molecule is Cc1cc(Oc2ccccc2)ccc1N1C(=O)Nc2c(C(=O)N[C@@H]3CCN(C#N)C3)sc3nccc1c23. The molecule has 2 N–H and O–H groups in total. The molecule has 0 radical (unpaired) electrons. The first-order chi connectivity index (χ1) is 18.0. The first-order valence-electron chi connectivity index (χ1n) is 11.8. The number of rotatable bonds is 5. The Hall–Kier alpha value is -4.62. The van der Waals surface area contributed by atoms with Crippen molar-refractivity contribution in [1.29, 1.82) is 5.26 Å². The molecule has 10 heteroatoms. The summed E-state index contributed by atoms with van der Waals surface area (Å²) in [5, 5.41) is 15.8. The van der Waals surface area contributed by atoms with Gasteiger partial charge < -0.3 is 20.3 Å². The van der Waals surface area contributed by atoms with Crippen molar-refractivity contribution in [2.24, 2.45) is 0 Å². The number of thiophene rings is 1. The van der Waals surface area contributed by atoms with E-state index in [9.17, 15) is 9.59 Å². The largest absolute Gasteiger partial charge is 0.457 e. The first kappa shape index (κ1) is 22.8. The second-order valence-corrected chi connectivity index (χ2v) is 9.95. The summed E-state index contributed by atoms with van der Waals surface area (Å²) in [5.41, 5.74) is 2.69. The van der Waals surface area contributed by atoms with Gasteiger partial charge in [-0.05, 0) is 55.3 Å². The zero-order chi connectivity index (χ0) is 25.5.